The van der Waals surface area contributed by atoms with Crippen molar-refractivity contribution in [3.05, 3.63) is 63.9 Å². The number of benzene rings is 2. The molecule has 0 bridgehead atoms. The highest BCUT2D eigenvalue weighted by molar-refractivity contribution is 9.10. The molecule has 0 unspecified atom stereocenters. The summed E-state index contributed by atoms with van der Waals surface area (Å²) >= 11 is 3.35. The first-order valence-electron chi connectivity index (χ1n) is 7.33. The molecule has 2 aromatic carbocycles. The molecular weight excluding hydrogens is 377 g/mol. The molecule has 0 aliphatic heterocycles. The Morgan fingerprint density at radius 3 is 2.58 bits per heavy atom. The number of carbonyl (C=O) groups is 1. The summed E-state index contributed by atoms with van der Waals surface area (Å²) < 4.78 is 25.3. The van der Waals surface area contributed by atoms with Crippen LogP contribution in [0.1, 0.15) is 22.8 Å². The lowest BCUT2D eigenvalue weighted by atomic mass is 9.95. The maximum Gasteiger partial charge on any atom is 0.252 e. The van der Waals surface area contributed by atoms with Crippen LogP contribution in [0.15, 0.2) is 46.9 Å². The molecule has 1 atom stereocenters. The van der Waals surface area contributed by atoms with Crippen LogP contribution in [0, 0.1) is 5.82 Å². The van der Waals surface area contributed by atoms with Crippen LogP contribution in [0.25, 0.3) is 0 Å². The van der Waals surface area contributed by atoms with E-state index in [0.717, 1.165) is 0 Å². The molecule has 6 heteroatoms. The van der Waals surface area contributed by atoms with Crippen LogP contribution in [-0.2, 0) is 10.3 Å². The summed E-state index contributed by atoms with van der Waals surface area (Å²) in [6, 6.07) is 11.5. The molecule has 2 rings (SSSR count). The van der Waals surface area contributed by atoms with Gasteiger partial charge in [0.25, 0.3) is 5.91 Å². The van der Waals surface area contributed by atoms with E-state index in [1.165, 1.54) is 20.3 Å². The highest BCUT2D eigenvalue weighted by atomic mass is 79.9. The molecule has 2 aromatic rings. The minimum atomic E-state index is -0.980. The van der Waals surface area contributed by atoms with Gasteiger partial charge in [-0.25, -0.2) is 4.39 Å². The second kappa shape index (κ2) is 7.77. The van der Waals surface area contributed by atoms with E-state index in [-0.39, 0.29) is 18.3 Å². The highest BCUT2D eigenvalue weighted by Crippen LogP contribution is 2.27. The number of amides is 1. The molecule has 128 valence electrons. The van der Waals surface area contributed by atoms with Gasteiger partial charge in [0.1, 0.15) is 17.2 Å². The summed E-state index contributed by atoms with van der Waals surface area (Å²) in [6.45, 7) is 1.85. The van der Waals surface area contributed by atoms with E-state index in [1.54, 1.807) is 43.3 Å². The molecule has 0 aliphatic rings. The largest absolute Gasteiger partial charge is 0.497 e. The second-order valence-corrected chi connectivity index (χ2v) is 6.30. The fraction of sp³-hybridized carbons (Fsp3) is 0.278. The zero-order valence-electron chi connectivity index (χ0n) is 13.7. The van der Waals surface area contributed by atoms with Crippen LogP contribution < -0.4 is 10.1 Å². The zero-order valence-corrected chi connectivity index (χ0v) is 15.3. The molecule has 0 saturated heterocycles. The van der Waals surface area contributed by atoms with Crippen LogP contribution in [0.4, 0.5) is 4.39 Å². The maximum atomic E-state index is 14.1. The molecule has 0 saturated carbocycles. The molecule has 0 radical (unpaired) electrons. The molecular formula is C18H19BrFNO3. The quantitative estimate of drug-likeness (QED) is 0.806. The van der Waals surface area contributed by atoms with E-state index in [0.29, 0.717) is 21.3 Å². The first-order chi connectivity index (χ1) is 11.4. The Morgan fingerprint density at radius 1 is 1.25 bits per heavy atom. The number of halogens is 2. The molecule has 1 amide bonds. The van der Waals surface area contributed by atoms with Crippen LogP contribution in [-0.4, -0.2) is 26.7 Å². The smallest absolute Gasteiger partial charge is 0.252 e. The predicted octanol–water partition coefficient (Wildman–Crippen LogP) is 3.89. The third kappa shape index (κ3) is 3.94. The van der Waals surface area contributed by atoms with Gasteiger partial charge in [0.05, 0.1) is 19.2 Å². The summed E-state index contributed by atoms with van der Waals surface area (Å²) in [5.74, 6) is -0.106. The molecule has 4 nitrogen and oxygen atoms in total. The number of methoxy groups -OCH3 is 2. The SMILES string of the molecule is COc1ccc(Br)c(C(=O)NC[C@](C)(OC)c2ccccc2F)c1. The van der Waals surface area contributed by atoms with Gasteiger partial charge in [-0.3, -0.25) is 4.79 Å². The van der Waals surface area contributed by atoms with Crippen molar-refractivity contribution in [3.8, 4) is 5.75 Å². The van der Waals surface area contributed by atoms with Gasteiger partial charge in [0.2, 0.25) is 0 Å². The first kappa shape index (κ1) is 18.4. The first-order valence-corrected chi connectivity index (χ1v) is 8.12. The van der Waals surface area contributed by atoms with Gasteiger partial charge in [0.15, 0.2) is 0 Å². The van der Waals surface area contributed by atoms with E-state index >= 15 is 0 Å². The van der Waals surface area contributed by atoms with Crippen molar-refractivity contribution in [1.82, 2.24) is 5.32 Å². The predicted molar refractivity (Wildman–Crippen MR) is 93.8 cm³/mol. The van der Waals surface area contributed by atoms with Gasteiger partial charge in [-0.2, -0.15) is 0 Å². The fourth-order valence-corrected chi connectivity index (χ4v) is 2.74. The van der Waals surface area contributed by atoms with Gasteiger partial charge in [-0.05, 0) is 47.1 Å². The van der Waals surface area contributed by atoms with Crippen molar-refractivity contribution in [2.75, 3.05) is 20.8 Å². The van der Waals surface area contributed by atoms with Crippen LogP contribution in [0.3, 0.4) is 0 Å². The minimum Gasteiger partial charge on any atom is -0.497 e. The van der Waals surface area contributed by atoms with E-state index in [9.17, 15) is 9.18 Å². The molecule has 0 heterocycles. The van der Waals surface area contributed by atoms with Gasteiger partial charge < -0.3 is 14.8 Å². The average Bonchev–Trinajstić information content (AvgIpc) is 2.60. The third-order valence-electron chi connectivity index (χ3n) is 3.90. The summed E-state index contributed by atoms with van der Waals surface area (Å²) in [4.78, 5) is 12.5. The lowest BCUT2D eigenvalue weighted by molar-refractivity contribution is 0.000381. The molecule has 0 fully saturated rings. The molecule has 0 aromatic heterocycles. The monoisotopic (exact) mass is 395 g/mol. The average molecular weight is 396 g/mol. The van der Waals surface area contributed by atoms with Crippen molar-refractivity contribution >= 4 is 21.8 Å². The van der Waals surface area contributed by atoms with Crippen molar-refractivity contribution < 1.29 is 18.7 Å². The molecule has 1 N–H and O–H groups in total. The third-order valence-corrected chi connectivity index (χ3v) is 4.59. The van der Waals surface area contributed by atoms with Gasteiger partial charge in [-0.15, -0.1) is 0 Å². The van der Waals surface area contributed by atoms with Crippen LogP contribution in [0.2, 0.25) is 0 Å². The van der Waals surface area contributed by atoms with Crippen molar-refractivity contribution in [3.63, 3.8) is 0 Å². The zero-order chi connectivity index (χ0) is 17.7. The number of rotatable bonds is 6. The standard InChI is InChI=1S/C18H19BrFNO3/c1-18(24-3,14-6-4-5-7-16(14)20)11-21-17(22)13-10-12(23-2)8-9-15(13)19/h4-10H,11H2,1-3H3,(H,21,22)/t18-/m0/s1. The molecule has 0 spiro atoms. The van der Waals surface area contributed by atoms with Crippen molar-refractivity contribution in [2.45, 2.75) is 12.5 Å². The number of ether oxygens (including phenoxy) is 2. The normalized spacial score (nSPS) is 13.2. The Hall–Kier alpha value is -1.92. The van der Waals surface area contributed by atoms with Crippen LogP contribution in [0.5, 0.6) is 5.75 Å². The van der Waals surface area contributed by atoms with Crippen molar-refractivity contribution in [1.29, 1.82) is 0 Å². The Labute approximate surface area is 149 Å². The lowest BCUT2D eigenvalue weighted by Crippen LogP contribution is -2.40. The topological polar surface area (TPSA) is 47.6 Å². The summed E-state index contributed by atoms with van der Waals surface area (Å²) in [5, 5.41) is 2.79. The van der Waals surface area contributed by atoms with Crippen molar-refractivity contribution in [2.24, 2.45) is 0 Å². The molecule has 24 heavy (non-hydrogen) atoms. The van der Waals surface area contributed by atoms with Gasteiger partial charge in [-0.1, -0.05) is 18.2 Å². The minimum absolute atomic E-state index is 0.118. The highest BCUT2D eigenvalue weighted by Gasteiger charge is 2.30. The Balaban J connectivity index is 2.19. The Bertz CT molecular complexity index is 738. The Kier molecular flexibility index (Phi) is 5.96. The Morgan fingerprint density at radius 2 is 1.96 bits per heavy atom. The second-order valence-electron chi connectivity index (χ2n) is 5.44. The van der Waals surface area contributed by atoms with E-state index < -0.39 is 5.60 Å². The summed E-state index contributed by atoms with van der Waals surface area (Å²) in [7, 11) is 3.02. The number of hydrogen-bond acceptors (Lipinski definition) is 3. The van der Waals surface area contributed by atoms with E-state index in [2.05, 4.69) is 21.2 Å². The van der Waals surface area contributed by atoms with E-state index in [4.69, 9.17) is 9.47 Å². The number of hydrogen-bond donors (Lipinski definition) is 1. The summed E-state index contributed by atoms with van der Waals surface area (Å²) in [6.07, 6.45) is 0. The summed E-state index contributed by atoms with van der Waals surface area (Å²) in [5.41, 5.74) is -0.161. The van der Waals surface area contributed by atoms with Gasteiger partial charge in [0, 0.05) is 17.1 Å². The van der Waals surface area contributed by atoms with Crippen LogP contribution >= 0.6 is 15.9 Å². The molecule has 0 aliphatic carbocycles. The number of carbonyl (C=O) groups excluding carboxylic acids is 1. The fourth-order valence-electron chi connectivity index (χ4n) is 2.32. The lowest BCUT2D eigenvalue weighted by Gasteiger charge is -2.29. The maximum absolute atomic E-state index is 14.1. The van der Waals surface area contributed by atoms with E-state index in [1.807, 2.05) is 0 Å². The number of nitrogens with one attached hydrogen (secondary N) is 1. The van der Waals surface area contributed by atoms with Gasteiger partial charge >= 0.3 is 0 Å².